The third-order valence-corrected chi connectivity index (χ3v) is 3.07. The zero-order valence-electron chi connectivity index (χ0n) is 11.5. The van der Waals surface area contributed by atoms with Crippen LogP contribution in [-0.4, -0.2) is 15.9 Å². The average Bonchev–Trinajstić information content (AvgIpc) is 2.53. The number of benzene rings is 2. The molecule has 0 aliphatic carbocycles. The van der Waals surface area contributed by atoms with Gasteiger partial charge < -0.3 is 10.4 Å². The van der Waals surface area contributed by atoms with Crippen molar-refractivity contribution >= 4 is 11.6 Å². The van der Waals surface area contributed by atoms with E-state index in [1.54, 1.807) is 0 Å². The smallest absolute Gasteiger partial charge is 0.269 e. The zero-order valence-corrected chi connectivity index (χ0v) is 11.5. The molecule has 1 amide bonds. The second kappa shape index (κ2) is 6.77. The van der Waals surface area contributed by atoms with Crippen LogP contribution in [0.2, 0.25) is 0 Å². The monoisotopic (exact) mass is 304 g/mol. The number of nitro groups is 1. The number of halogens is 1. The first-order valence-corrected chi connectivity index (χ1v) is 6.42. The molecule has 0 saturated heterocycles. The number of hydrogen-bond donors (Lipinski definition) is 2. The van der Waals surface area contributed by atoms with Gasteiger partial charge in [-0.05, 0) is 29.8 Å². The van der Waals surface area contributed by atoms with Gasteiger partial charge >= 0.3 is 0 Å². The van der Waals surface area contributed by atoms with Crippen molar-refractivity contribution in [2.45, 2.75) is 13.2 Å². The molecule has 0 heterocycles. The Morgan fingerprint density at radius 3 is 2.50 bits per heavy atom. The topological polar surface area (TPSA) is 92.5 Å². The van der Waals surface area contributed by atoms with E-state index in [4.69, 9.17) is 5.11 Å². The summed E-state index contributed by atoms with van der Waals surface area (Å²) in [5.41, 5.74) is 0.987. The molecule has 6 nitrogen and oxygen atoms in total. The first kappa shape index (κ1) is 15.6. The Bertz CT molecular complexity index is 701. The summed E-state index contributed by atoms with van der Waals surface area (Å²) in [6, 6.07) is 9.40. The first-order valence-electron chi connectivity index (χ1n) is 6.42. The lowest BCUT2D eigenvalue weighted by Gasteiger charge is -2.07. The average molecular weight is 304 g/mol. The fourth-order valence-electron chi connectivity index (χ4n) is 1.88. The summed E-state index contributed by atoms with van der Waals surface area (Å²) in [5.74, 6) is -0.905. The highest BCUT2D eigenvalue weighted by molar-refractivity contribution is 5.94. The number of nitrogens with zero attached hydrogens (tertiary/aromatic N) is 1. The second-order valence-corrected chi connectivity index (χ2v) is 4.57. The maximum absolute atomic E-state index is 13.2. The van der Waals surface area contributed by atoms with Crippen LogP contribution in [0, 0.1) is 15.9 Å². The Kier molecular flexibility index (Phi) is 4.80. The highest BCUT2D eigenvalue weighted by Gasteiger charge is 2.09. The number of rotatable bonds is 5. The summed E-state index contributed by atoms with van der Waals surface area (Å²) in [6.07, 6.45) is 0. The van der Waals surface area contributed by atoms with E-state index in [9.17, 15) is 19.3 Å². The maximum Gasteiger partial charge on any atom is 0.269 e. The normalized spacial score (nSPS) is 10.3. The molecule has 0 saturated carbocycles. The van der Waals surface area contributed by atoms with Gasteiger partial charge in [-0.2, -0.15) is 0 Å². The number of aliphatic hydroxyl groups excluding tert-OH is 1. The van der Waals surface area contributed by atoms with E-state index in [2.05, 4.69) is 5.32 Å². The van der Waals surface area contributed by atoms with Crippen molar-refractivity contribution < 1.29 is 19.2 Å². The summed E-state index contributed by atoms with van der Waals surface area (Å²) in [7, 11) is 0. The molecule has 22 heavy (non-hydrogen) atoms. The van der Waals surface area contributed by atoms with Crippen molar-refractivity contribution in [2.24, 2.45) is 0 Å². The van der Waals surface area contributed by atoms with Gasteiger partial charge in [0.1, 0.15) is 5.82 Å². The molecule has 2 N–H and O–H groups in total. The number of nitro benzene ring substituents is 1. The van der Waals surface area contributed by atoms with E-state index in [1.165, 1.54) is 42.5 Å². The minimum Gasteiger partial charge on any atom is -0.392 e. The molecule has 114 valence electrons. The van der Waals surface area contributed by atoms with Crippen LogP contribution in [0.4, 0.5) is 10.1 Å². The lowest BCUT2D eigenvalue weighted by atomic mass is 10.1. The van der Waals surface area contributed by atoms with Crippen LogP contribution in [0.5, 0.6) is 0 Å². The van der Waals surface area contributed by atoms with E-state index < -0.39 is 23.3 Å². The van der Waals surface area contributed by atoms with E-state index >= 15 is 0 Å². The van der Waals surface area contributed by atoms with E-state index in [0.29, 0.717) is 5.56 Å². The first-order chi connectivity index (χ1) is 10.5. The van der Waals surface area contributed by atoms with Crippen LogP contribution in [0.3, 0.4) is 0 Å². The van der Waals surface area contributed by atoms with Crippen LogP contribution >= 0.6 is 0 Å². The molecule has 0 bridgehead atoms. The molecule has 0 aliphatic heterocycles. The van der Waals surface area contributed by atoms with Gasteiger partial charge in [-0.15, -0.1) is 0 Å². The van der Waals surface area contributed by atoms with Gasteiger partial charge in [-0.3, -0.25) is 14.9 Å². The fourth-order valence-corrected chi connectivity index (χ4v) is 1.88. The lowest BCUT2D eigenvalue weighted by Crippen LogP contribution is -2.22. The van der Waals surface area contributed by atoms with Crippen molar-refractivity contribution in [2.75, 3.05) is 0 Å². The number of nitrogens with one attached hydrogen (secondary N) is 1. The third-order valence-electron chi connectivity index (χ3n) is 3.07. The molecule has 0 aromatic heterocycles. The minimum atomic E-state index is -0.545. The quantitative estimate of drug-likeness (QED) is 0.654. The van der Waals surface area contributed by atoms with Crippen LogP contribution in [0.25, 0.3) is 0 Å². The highest BCUT2D eigenvalue weighted by Crippen LogP contribution is 2.13. The van der Waals surface area contributed by atoms with Gasteiger partial charge in [0.25, 0.3) is 11.6 Å². The molecule has 0 unspecified atom stereocenters. The lowest BCUT2D eigenvalue weighted by molar-refractivity contribution is -0.384. The zero-order chi connectivity index (χ0) is 16.1. The Hall–Kier alpha value is -2.80. The summed E-state index contributed by atoms with van der Waals surface area (Å²) in [6.45, 7) is -0.265. The fraction of sp³-hybridized carbons (Fsp3) is 0.133. The highest BCUT2D eigenvalue weighted by atomic mass is 19.1. The summed E-state index contributed by atoms with van der Waals surface area (Å²) >= 11 is 0. The van der Waals surface area contributed by atoms with Crippen LogP contribution in [-0.2, 0) is 13.2 Å². The number of hydrogen-bond acceptors (Lipinski definition) is 4. The van der Waals surface area contributed by atoms with Gasteiger partial charge in [0.05, 0.1) is 11.5 Å². The number of carbonyl (C=O) groups excluding carboxylic acids is 1. The molecule has 0 spiro atoms. The Morgan fingerprint density at radius 2 is 1.91 bits per heavy atom. The van der Waals surface area contributed by atoms with Gasteiger partial charge in [0.2, 0.25) is 0 Å². The van der Waals surface area contributed by atoms with Gasteiger partial charge in [-0.25, -0.2) is 4.39 Å². The standard InChI is InChI=1S/C15H13FN2O4/c16-14-6-1-10(7-12(14)9-19)8-17-15(20)11-2-4-13(5-3-11)18(21)22/h1-7,19H,8-9H2,(H,17,20). The number of aliphatic hydroxyl groups is 1. The van der Waals surface area contributed by atoms with Crippen LogP contribution in [0.15, 0.2) is 42.5 Å². The predicted octanol–water partition coefficient (Wildman–Crippen LogP) is 2.16. The molecule has 2 aromatic rings. The molecule has 7 heteroatoms. The van der Waals surface area contributed by atoms with Crippen LogP contribution in [0.1, 0.15) is 21.5 Å². The van der Waals surface area contributed by atoms with Crippen LogP contribution < -0.4 is 5.32 Å². The van der Waals surface area contributed by atoms with Crippen molar-refractivity contribution in [3.63, 3.8) is 0 Å². The molecule has 0 aliphatic rings. The van der Waals surface area contributed by atoms with Gasteiger partial charge in [-0.1, -0.05) is 6.07 Å². The molecule has 0 atom stereocenters. The number of non-ortho nitro benzene ring substituents is 1. The van der Waals surface area contributed by atoms with E-state index in [0.717, 1.165) is 0 Å². The van der Waals surface area contributed by atoms with E-state index in [-0.39, 0.29) is 23.4 Å². The van der Waals surface area contributed by atoms with Crippen molar-refractivity contribution in [3.05, 3.63) is 75.1 Å². The molecule has 2 rings (SSSR count). The van der Waals surface area contributed by atoms with Crippen molar-refractivity contribution in [1.29, 1.82) is 0 Å². The molecule has 0 fully saturated rings. The molecule has 2 aromatic carbocycles. The molecular weight excluding hydrogens is 291 g/mol. The summed E-state index contributed by atoms with van der Waals surface area (Å²) in [5, 5.41) is 22.1. The van der Waals surface area contributed by atoms with Crippen molar-refractivity contribution in [1.82, 2.24) is 5.32 Å². The molecule has 0 radical (unpaired) electrons. The minimum absolute atomic E-state index is 0.0947. The number of amides is 1. The third kappa shape index (κ3) is 3.64. The van der Waals surface area contributed by atoms with E-state index in [1.807, 2.05) is 0 Å². The van der Waals surface area contributed by atoms with Gasteiger partial charge in [0, 0.05) is 29.8 Å². The SMILES string of the molecule is O=C(NCc1ccc(F)c(CO)c1)c1ccc([N+](=O)[O-])cc1. The molecular formula is C15H13FN2O4. The largest absolute Gasteiger partial charge is 0.392 e. The Morgan fingerprint density at radius 1 is 1.23 bits per heavy atom. The second-order valence-electron chi connectivity index (χ2n) is 4.57. The summed E-state index contributed by atoms with van der Waals surface area (Å²) in [4.78, 5) is 21.9. The maximum atomic E-state index is 13.2. The number of carbonyl (C=O) groups is 1. The van der Waals surface area contributed by atoms with Gasteiger partial charge in [0.15, 0.2) is 0 Å². The Labute approximate surface area is 125 Å². The van der Waals surface area contributed by atoms with Crippen molar-refractivity contribution in [3.8, 4) is 0 Å². The summed E-state index contributed by atoms with van der Waals surface area (Å²) < 4.78 is 13.2. The predicted molar refractivity (Wildman–Crippen MR) is 76.6 cm³/mol. The Balaban J connectivity index is 2.02.